The Labute approximate surface area is 146 Å². The van der Waals surface area contributed by atoms with Gasteiger partial charge in [-0.25, -0.2) is 9.18 Å². The van der Waals surface area contributed by atoms with Crippen molar-refractivity contribution in [3.8, 4) is 0 Å². The minimum atomic E-state index is -0.497. The number of rotatable bonds is 7. The molecule has 7 heteroatoms. The number of H-pyrrole nitrogens is 1. The summed E-state index contributed by atoms with van der Waals surface area (Å²) in [5, 5.41) is 6.18. The minimum Gasteiger partial charge on any atom is -0.450 e. The summed E-state index contributed by atoms with van der Waals surface area (Å²) < 4.78 is 18.1. The maximum Gasteiger partial charge on any atom is 0.407 e. The van der Waals surface area contributed by atoms with Gasteiger partial charge in [-0.05, 0) is 43.5 Å². The quantitative estimate of drug-likeness (QED) is 0.718. The molecule has 136 valence electrons. The molecular formula is C18H24FN3O3. The molecule has 2 amide bonds. The van der Waals surface area contributed by atoms with Gasteiger partial charge >= 0.3 is 6.09 Å². The molecule has 3 N–H and O–H groups in total. The highest BCUT2D eigenvalue weighted by atomic mass is 19.1. The van der Waals surface area contributed by atoms with Gasteiger partial charge in [-0.2, -0.15) is 0 Å². The zero-order valence-corrected chi connectivity index (χ0v) is 14.7. The predicted octanol–water partition coefficient (Wildman–Crippen LogP) is 3.20. The van der Waals surface area contributed by atoms with E-state index in [9.17, 15) is 14.0 Å². The van der Waals surface area contributed by atoms with E-state index in [0.29, 0.717) is 28.9 Å². The van der Waals surface area contributed by atoms with E-state index in [1.54, 1.807) is 19.1 Å². The summed E-state index contributed by atoms with van der Waals surface area (Å²) in [5.41, 5.74) is 1.04. The number of aromatic nitrogens is 1. The van der Waals surface area contributed by atoms with Crippen molar-refractivity contribution in [3.63, 3.8) is 0 Å². The number of ether oxygens (including phenoxy) is 1. The van der Waals surface area contributed by atoms with Crippen LogP contribution in [0, 0.1) is 11.7 Å². The Hall–Kier alpha value is -2.57. The molecule has 0 aliphatic rings. The van der Waals surface area contributed by atoms with E-state index in [2.05, 4.69) is 15.6 Å². The lowest BCUT2D eigenvalue weighted by molar-refractivity contribution is 0.0940. The normalized spacial score (nSPS) is 12.2. The van der Waals surface area contributed by atoms with Crippen molar-refractivity contribution in [2.24, 2.45) is 5.92 Å². The number of carbonyl (C=O) groups excluding carboxylic acids is 2. The van der Waals surface area contributed by atoms with Crippen molar-refractivity contribution in [1.29, 1.82) is 0 Å². The average molecular weight is 349 g/mol. The number of nitrogens with one attached hydrogen (secondary N) is 3. The fraction of sp³-hybridized carbons (Fsp3) is 0.444. The van der Waals surface area contributed by atoms with Crippen molar-refractivity contribution in [1.82, 2.24) is 15.6 Å². The SMILES string of the molecule is CCOC(=O)NC(CNC(=O)c1cc2cc(F)ccc2[nH]1)CC(C)C. The molecule has 1 atom stereocenters. The van der Waals surface area contributed by atoms with Crippen LogP contribution in [-0.4, -0.2) is 36.2 Å². The summed E-state index contributed by atoms with van der Waals surface area (Å²) in [7, 11) is 0. The number of hydrogen-bond acceptors (Lipinski definition) is 3. The predicted molar refractivity (Wildman–Crippen MR) is 94.0 cm³/mol. The Morgan fingerprint density at radius 3 is 2.72 bits per heavy atom. The molecule has 2 rings (SSSR count). The number of fused-ring (bicyclic) bond motifs is 1. The van der Waals surface area contributed by atoms with Gasteiger partial charge in [0.1, 0.15) is 11.5 Å². The van der Waals surface area contributed by atoms with Crippen LogP contribution >= 0.6 is 0 Å². The van der Waals surface area contributed by atoms with Crippen molar-refractivity contribution < 1.29 is 18.7 Å². The van der Waals surface area contributed by atoms with Crippen LogP contribution in [0.5, 0.6) is 0 Å². The van der Waals surface area contributed by atoms with Crippen molar-refractivity contribution >= 4 is 22.9 Å². The van der Waals surface area contributed by atoms with Crippen molar-refractivity contribution in [3.05, 3.63) is 35.8 Å². The molecule has 0 fully saturated rings. The van der Waals surface area contributed by atoms with Crippen LogP contribution in [0.4, 0.5) is 9.18 Å². The van der Waals surface area contributed by atoms with Gasteiger partial charge < -0.3 is 20.4 Å². The molecule has 2 aromatic rings. The standard InChI is InChI=1S/C18H24FN3O3/c1-4-25-18(24)21-14(7-11(2)3)10-20-17(23)16-9-12-8-13(19)5-6-15(12)22-16/h5-6,8-9,11,14,22H,4,7,10H2,1-3H3,(H,20,23)(H,21,24). The molecule has 0 saturated heterocycles. The molecular weight excluding hydrogens is 325 g/mol. The van der Waals surface area contributed by atoms with Crippen LogP contribution in [-0.2, 0) is 4.74 Å². The second-order valence-electron chi connectivity index (χ2n) is 6.32. The van der Waals surface area contributed by atoms with Gasteiger partial charge in [0, 0.05) is 23.5 Å². The Morgan fingerprint density at radius 1 is 1.28 bits per heavy atom. The number of halogens is 1. The number of aromatic amines is 1. The topological polar surface area (TPSA) is 83.2 Å². The second kappa shape index (κ2) is 8.50. The van der Waals surface area contributed by atoms with Gasteiger partial charge in [-0.15, -0.1) is 0 Å². The molecule has 1 aromatic carbocycles. The third-order valence-corrected chi connectivity index (χ3v) is 3.69. The molecule has 0 aliphatic heterocycles. The Morgan fingerprint density at radius 2 is 2.04 bits per heavy atom. The third-order valence-electron chi connectivity index (χ3n) is 3.69. The van der Waals surface area contributed by atoms with Gasteiger partial charge in [0.05, 0.1) is 6.61 Å². The van der Waals surface area contributed by atoms with Crippen LogP contribution < -0.4 is 10.6 Å². The van der Waals surface area contributed by atoms with E-state index >= 15 is 0 Å². The smallest absolute Gasteiger partial charge is 0.407 e. The molecule has 0 bridgehead atoms. The summed E-state index contributed by atoms with van der Waals surface area (Å²) in [4.78, 5) is 26.9. The van der Waals surface area contributed by atoms with Crippen molar-refractivity contribution in [2.75, 3.05) is 13.2 Å². The molecule has 0 saturated carbocycles. The number of alkyl carbamates (subject to hydrolysis) is 1. The monoisotopic (exact) mass is 349 g/mol. The summed E-state index contributed by atoms with van der Waals surface area (Å²) in [6, 6.07) is 5.66. The van der Waals surface area contributed by atoms with Crippen molar-refractivity contribution in [2.45, 2.75) is 33.2 Å². The molecule has 0 radical (unpaired) electrons. The van der Waals surface area contributed by atoms with Gasteiger partial charge in [0.2, 0.25) is 0 Å². The molecule has 25 heavy (non-hydrogen) atoms. The van der Waals surface area contributed by atoms with Gasteiger partial charge in [0.15, 0.2) is 0 Å². The zero-order chi connectivity index (χ0) is 18.4. The molecule has 1 heterocycles. The minimum absolute atomic E-state index is 0.232. The van der Waals surface area contributed by atoms with Crippen LogP contribution in [0.3, 0.4) is 0 Å². The Bertz CT molecular complexity index is 742. The van der Waals surface area contributed by atoms with Crippen LogP contribution in [0.1, 0.15) is 37.7 Å². The number of amides is 2. The van der Waals surface area contributed by atoms with Crippen LogP contribution in [0.2, 0.25) is 0 Å². The summed E-state index contributed by atoms with van der Waals surface area (Å²) >= 11 is 0. The fourth-order valence-electron chi connectivity index (χ4n) is 2.64. The average Bonchev–Trinajstić information content (AvgIpc) is 2.95. The lowest BCUT2D eigenvalue weighted by atomic mass is 10.0. The summed E-state index contributed by atoms with van der Waals surface area (Å²) in [6.45, 7) is 6.37. The number of carbonyl (C=O) groups is 2. The van der Waals surface area contributed by atoms with Crippen LogP contribution in [0.15, 0.2) is 24.3 Å². The summed E-state index contributed by atoms with van der Waals surface area (Å²) in [5.74, 6) is -0.315. The Kier molecular flexibility index (Phi) is 6.38. The first-order chi connectivity index (χ1) is 11.9. The first-order valence-corrected chi connectivity index (χ1v) is 8.38. The zero-order valence-electron chi connectivity index (χ0n) is 14.7. The molecule has 1 unspecified atom stereocenters. The fourth-order valence-corrected chi connectivity index (χ4v) is 2.64. The molecule has 6 nitrogen and oxygen atoms in total. The van der Waals surface area contributed by atoms with Gasteiger partial charge in [0.25, 0.3) is 5.91 Å². The molecule has 0 aliphatic carbocycles. The first-order valence-electron chi connectivity index (χ1n) is 8.38. The van der Waals surface area contributed by atoms with Crippen LogP contribution in [0.25, 0.3) is 10.9 Å². The van der Waals surface area contributed by atoms with E-state index in [4.69, 9.17) is 4.74 Å². The lowest BCUT2D eigenvalue weighted by Gasteiger charge is -2.20. The maximum atomic E-state index is 13.2. The number of hydrogen-bond donors (Lipinski definition) is 3. The molecule has 1 aromatic heterocycles. The van der Waals surface area contributed by atoms with Gasteiger partial charge in [-0.3, -0.25) is 4.79 Å². The van der Waals surface area contributed by atoms with E-state index in [1.165, 1.54) is 12.1 Å². The van der Waals surface area contributed by atoms with E-state index in [-0.39, 0.29) is 30.9 Å². The highest BCUT2D eigenvalue weighted by molar-refractivity contribution is 5.98. The van der Waals surface area contributed by atoms with E-state index < -0.39 is 6.09 Å². The molecule has 0 spiro atoms. The highest BCUT2D eigenvalue weighted by Crippen LogP contribution is 2.16. The van der Waals surface area contributed by atoms with Gasteiger partial charge in [-0.1, -0.05) is 13.8 Å². The highest BCUT2D eigenvalue weighted by Gasteiger charge is 2.17. The van der Waals surface area contributed by atoms with E-state index in [1.807, 2.05) is 13.8 Å². The third kappa shape index (κ3) is 5.48. The number of benzene rings is 1. The summed E-state index contributed by atoms with van der Waals surface area (Å²) in [6.07, 6.45) is 0.209. The lowest BCUT2D eigenvalue weighted by Crippen LogP contribution is -2.44. The maximum absolute atomic E-state index is 13.2. The second-order valence-corrected chi connectivity index (χ2v) is 6.32. The van der Waals surface area contributed by atoms with E-state index in [0.717, 1.165) is 0 Å². The largest absolute Gasteiger partial charge is 0.450 e. The first kappa shape index (κ1) is 18.8. The Balaban J connectivity index is 1.99.